The predicted octanol–water partition coefficient (Wildman–Crippen LogP) is 3.26. The molecule has 0 fully saturated rings. The second-order valence-corrected chi connectivity index (χ2v) is 15.2. The van der Waals surface area contributed by atoms with Gasteiger partial charge in [-0.3, -0.25) is 28.7 Å². The van der Waals surface area contributed by atoms with Crippen molar-refractivity contribution in [2.75, 3.05) is 20.3 Å². The molecule has 19 heteroatoms. The summed E-state index contributed by atoms with van der Waals surface area (Å²) in [6, 6.07) is -0.0386. The number of fused-ring (bicyclic) bond motifs is 8. The van der Waals surface area contributed by atoms with E-state index in [1.54, 1.807) is 12.1 Å². The van der Waals surface area contributed by atoms with Gasteiger partial charge in [0.25, 0.3) is 0 Å². The van der Waals surface area contributed by atoms with Crippen LogP contribution in [0.15, 0.2) is 18.3 Å². The van der Waals surface area contributed by atoms with E-state index in [9.17, 15) is 48.7 Å². The van der Waals surface area contributed by atoms with Gasteiger partial charge in [-0.2, -0.15) is 0 Å². The fourth-order valence-electron chi connectivity index (χ4n) is 6.55. The molecule has 290 valence electrons. The van der Waals surface area contributed by atoms with E-state index in [4.69, 9.17) is 14.2 Å². The summed E-state index contributed by atoms with van der Waals surface area (Å²) in [5.74, 6) is -8.42. The van der Waals surface area contributed by atoms with Crippen molar-refractivity contribution in [3.05, 3.63) is 29.6 Å². The van der Waals surface area contributed by atoms with Crippen LogP contribution in [0.25, 0.3) is 0 Å². The van der Waals surface area contributed by atoms with Crippen molar-refractivity contribution in [3.63, 3.8) is 0 Å². The minimum absolute atomic E-state index is 0.306. The minimum Gasteiger partial charge on any atom is -0.481 e. The van der Waals surface area contributed by atoms with Crippen LogP contribution in [0.2, 0.25) is 0 Å². The smallest absolute Gasteiger partial charge is 0.405 e. The van der Waals surface area contributed by atoms with Gasteiger partial charge >= 0.3 is 31.6 Å². The molecule has 0 aromatic carbocycles. The zero-order chi connectivity index (χ0) is 38.5. The average molecular weight is 759 g/mol. The first kappa shape index (κ1) is 42.4. The molecule has 52 heavy (non-hydrogen) atoms. The van der Waals surface area contributed by atoms with Gasteiger partial charge in [0, 0.05) is 32.7 Å². The Morgan fingerprint density at radius 3 is 1.98 bits per heavy atom. The number of carboxylic acids is 4. The third-order valence-electron chi connectivity index (χ3n) is 9.70. The van der Waals surface area contributed by atoms with E-state index in [1.807, 2.05) is 0 Å². The lowest BCUT2D eigenvalue weighted by atomic mass is 9.72. The summed E-state index contributed by atoms with van der Waals surface area (Å²) in [7, 11) is -3.38. The highest BCUT2D eigenvalue weighted by Crippen LogP contribution is 2.44. The molecular formula is C33H48FN4O13P. The molecule has 5 rings (SSSR count). The van der Waals surface area contributed by atoms with Crippen molar-refractivity contribution in [1.82, 2.24) is 20.7 Å². The Hall–Kier alpha value is -3.99. The van der Waals surface area contributed by atoms with E-state index in [2.05, 4.69) is 20.7 Å². The molecular weight excluding hydrogens is 710 g/mol. The molecule has 0 spiro atoms. The molecule has 17 nitrogen and oxygen atoms in total. The highest BCUT2D eigenvalue weighted by molar-refractivity contribution is 7.51. The van der Waals surface area contributed by atoms with E-state index < -0.39 is 105 Å². The SMILES string of the molecule is COP(=O)(NCC(CCC(=O)O)C(=O)O)OCC(NC(=O)CCC(NC(=O)C12CCCCCC(F)(CCCCC1)c1ccc2cn1)C(=O)O)C(=O)O. The summed E-state index contributed by atoms with van der Waals surface area (Å²) in [5, 5.41) is 44.8. The zero-order valence-electron chi connectivity index (χ0n) is 29.0. The summed E-state index contributed by atoms with van der Waals surface area (Å²) >= 11 is 0. The van der Waals surface area contributed by atoms with Gasteiger partial charge in [0.1, 0.15) is 6.04 Å². The second-order valence-electron chi connectivity index (χ2n) is 13.3. The number of pyridine rings is 1. The van der Waals surface area contributed by atoms with E-state index in [-0.39, 0.29) is 6.42 Å². The third kappa shape index (κ3) is 11.8. The van der Waals surface area contributed by atoms with Crippen LogP contribution in [-0.2, 0) is 53.5 Å². The monoisotopic (exact) mass is 758 g/mol. The first-order valence-electron chi connectivity index (χ1n) is 17.3. The molecule has 2 aliphatic heterocycles. The lowest BCUT2D eigenvalue weighted by Crippen LogP contribution is -2.51. The molecule has 2 amide bonds. The van der Waals surface area contributed by atoms with E-state index in [1.165, 1.54) is 6.20 Å². The predicted molar refractivity (Wildman–Crippen MR) is 180 cm³/mol. The lowest BCUT2D eigenvalue weighted by Gasteiger charge is -2.34. The normalized spacial score (nSPS) is 23.3. The van der Waals surface area contributed by atoms with Gasteiger partial charge in [-0.1, -0.05) is 31.7 Å². The molecule has 1 aromatic heterocycles. The molecule has 0 saturated carbocycles. The van der Waals surface area contributed by atoms with Gasteiger partial charge in [-0.15, -0.1) is 0 Å². The molecule has 7 N–H and O–H groups in total. The second kappa shape index (κ2) is 19.2. The Kier molecular flexibility index (Phi) is 15.7. The van der Waals surface area contributed by atoms with Crippen molar-refractivity contribution in [1.29, 1.82) is 0 Å². The first-order valence-corrected chi connectivity index (χ1v) is 18.8. The van der Waals surface area contributed by atoms with E-state index in [0.29, 0.717) is 75.5 Å². The van der Waals surface area contributed by atoms with Crippen molar-refractivity contribution < 1.29 is 67.2 Å². The molecule has 0 saturated heterocycles. The highest BCUT2D eigenvalue weighted by Gasteiger charge is 2.43. The van der Waals surface area contributed by atoms with Crippen LogP contribution in [0.5, 0.6) is 0 Å². The summed E-state index contributed by atoms with van der Waals surface area (Å²) in [6.45, 7) is -1.45. The van der Waals surface area contributed by atoms with Crippen molar-refractivity contribution in [3.8, 4) is 0 Å². The number of carboxylic acid groups (broad SMARTS) is 4. The number of carbonyl (C=O) groups excluding carboxylic acids is 2. The van der Waals surface area contributed by atoms with Crippen LogP contribution in [0, 0.1) is 5.92 Å². The number of aliphatic carboxylic acids is 4. The number of alkyl halides is 1. The van der Waals surface area contributed by atoms with Crippen LogP contribution in [-0.4, -0.2) is 93.4 Å². The van der Waals surface area contributed by atoms with Crippen LogP contribution >= 0.6 is 7.75 Å². The fourth-order valence-corrected chi connectivity index (χ4v) is 7.67. The number of rotatable bonds is 19. The zero-order valence-corrected chi connectivity index (χ0v) is 29.9. The quantitative estimate of drug-likeness (QED) is 0.0998. The number of aromatic nitrogens is 1. The fraction of sp³-hybridized carbons (Fsp3) is 0.667. The molecule has 2 aliphatic carbocycles. The molecule has 4 atom stereocenters. The number of nitrogens with one attached hydrogen (secondary N) is 3. The standard InChI is InChI=1S/C33H48FN4O13P/c1-50-52(49,36-18-21(28(42)43)8-13-27(40)41)51-20-24(30(46)47)37-26(39)12-10-23(29(44)45)38-31(48)32-14-4-2-6-16-33(34,17-7-3-5-15-32)25-11-9-22(32)19-35-25/h9,11,19,21,23-24H,2-8,10,12-18,20H2,1H3,(H,36,49)(H,37,39)(H,38,48)(H,40,41)(H,42,43)(H,44,45)(H,46,47). The van der Waals surface area contributed by atoms with Gasteiger partial charge < -0.3 is 35.6 Å². The highest BCUT2D eigenvalue weighted by atomic mass is 31.2. The Morgan fingerprint density at radius 2 is 1.46 bits per heavy atom. The van der Waals surface area contributed by atoms with Gasteiger partial charge in [-0.05, 0) is 63.0 Å². The maximum atomic E-state index is 16.0. The van der Waals surface area contributed by atoms with Crippen molar-refractivity contribution in [2.24, 2.45) is 5.92 Å². The number of nitrogens with zero attached hydrogens (tertiary/aromatic N) is 1. The Bertz CT molecular complexity index is 1480. The minimum atomic E-state index is -4.32. The Balaban J connectivity index is 1.66. The van der Waals surface area contributed by atoms with Gasteiger partial charge in [0.2, 0.25) is 11.8 Å². The summed E-state index contributed by atoms with van der Waals surface area (Å²) in [5.41, 5.74) is -1.84. The maximum absolute atomic E-state index is 16.0. The van der Waals surface area contributed by atoms with Gasteiger partial charge in [0.05, 0.1) is 23.6 Å². The topological polar surface area (TPSA) is 268 Å². The first-order chi connectivity index (χ1) is 24.5. The number of amides is 2. The summed E-state index contributed by atoms with van der Waals surface area (Å²) in [4.78, 5) is 77.8. The molecule has 3 heterocycles. The van der Waals surface area contributed by atoms with E-state index >= 15 is 4.39 Å². The molecule has 0 radical (unpaired) electrons. The molecule has 4 bridgehead atoms. The third-order valence-corrected chi connectivity index (χ3v) is 11.2. The average Bonchev–Trinajstić information content (AvgIpc) is 3.16. The summed E-state index contributed by atoms with van der Waals surface area (Å²) in [6.07, 6.45) is 4.91. The van der Waals surface area contributed by atoms with Crippen LogP contribution in [0.1, 0.15) is 101 Å². The molecule has 4 unspecified atom stereocenters. The number of halogens is 1. The Labute approximate surface area is 300 Å². The van der Waals surface area contributed by atoms with Gasteiger partial charge in [0.15, 0.2) is 11.7 Å². The van der Waals surface area contributed by atoms with Crippen LogP contribution in [0.3, 0.4) is 0 Å². The lowest BCUT2D eigenvalue weighted by molar-refractivity contribution is -0.144. The number of carbonyl (C=O) groups is 6. The Morgan fingerprint density at radius 1 is 0.846 bits per heavy atom. The largest absolute Gasteiger partial charge is 0.481 e. The maximum Gasteiger partial charge on any atom is 0.405 e. The number of hydrogen-bond donors (Lipinski definition) is 7. The van der Waals surface area contributed by atoms with E-state index in [0.717, 1.165) is 7.11 Å². The number of hydrogen-bond acceptors (Lipinski definition) is 10. The summed E-state index contributed by atoms with van der Waals surface area (Å²) < 4.78 is 38.9. The van der Waals surface area contributed by atoms with Crippen molar-refractivity contribution in [2.45, 2.75) is 113 Å². The molecule has 1 aromatic rings. The van der Waals surface area contributed by atoms with Crippen molar-refractivity contribution >= 4 is 43.4 Å². The van der Waals surface area contributed by atoms with Crippen LogP contribution in [0.4, 0.5) is 4.39 Å². The van der Waals surface area contributed by atoms with Crippen LogP contribution < -0.4 is 15.7 Å². The van der Waals surface area contributed by atoms with Gasteiger partial charge in [-0.25, -0.2) is 23.6 Å². The molecule has 4 aliphatic rings.